The summed E-state index contributed by atoms with van der Waals surface area (Å²) in [6.07, 6.45) is 0. The maximum atomic E-state index is 12.0. The SMILES string of the molecule is CCN(CC)S(=O)C(C)(C)C(=O)OC. The monoisotopic (exact) mass is 221 g/mol. The fourth-order valence-corrected chi connectivity index (χ4v) is 2.44. The predicted octanol–water partition coefficient (Wildman–Crippen LogP) is 0.943. The van der Waals surface area contributed by atoms with Crippen molar-refractivity contribution in [1.82, 2.24) is 4.31 Å². The molecular weight excluding hydrogens is 202 g/mol. The van der Waals surface area contributed by atoms with Crippen LogP contribution in [0.4, 0.5) is 0 Å². The van der Waals surface area contributed by atoms with Gasteiger partial charge in [0.1, 0.15) is 11.0 Å². The highest BCUT2D eigenvalue weighted by Crippen LogP contribution is 2.17. The number of ether oxygens (including phenoxy) is 1. The summed E-state index contributed by atoms with van der Waals surface area (Å²) in [6.45, 7) is 8.40. The normalized spacial score (nSPS) is 14.1. The maximum Gasteiger partial charge on any atom is 0.325 e. The minimum absolute atomic E-state index is 0.442. The summed E-state index contributed by atoms with van der Waals surface area (Å²) >= 11 is 0. The van der Waals surface area contributed by atoms with E-state index >= 15 is 0 Å². The smallest absolute Gasteiger partial charge is 0.325 e. The van der Waals surface area contributed by atoms with E-state index < -0.39 is 21.7 Å². The summed E-state index contributed by atoms with van der Waals surface area (Å²) in [4.78, 5) is 11.4. The Labute approximate surface area is 88.2 Å². The molecule has 0 aliphatic carbocycles. The highest BCUT2D eigenvalue weighted by molar-refractivity contribution is 7.84. The van der Waals surface area contributed by atoms with Gasteiger partial charge >= 0.3 is 5.97 Å². The van der Waals surface area contributed by atoms with Crippen LogP contribution in [0.5, 0.6) is 0 Å². The second-order valence-electron chi connectivity index (χ2n) is 3.37. The second-order valence-corrected chi connectivity index (χ2v) is 5.40. The van der Waals surface area contributed by atoms with E-state index in [-0.39, 0.29) is 0 Å². The molecule has 0 heterocycles. The molecule has 4 nitrogen and oxygen atoms in total. The van der Waals surface area contributed by atoms with Crippen LogP contribution in [0.25, 0.3) is 0 Å². The number of hydrogen-bond donors (Lipinski definition) is 0. The first kappa shape index (κ1) is 13.6. The van der Waals surface area contributed by atoms with Crippen molar-refractivity contribution in [1.29, 1.82) is 0 Å². The average molecular weight is 221 g/mol. The lowest BCUT2D eigenvalue weighted by atomic mass is 10.2. The van der Waals surface area contributed by atoms with Gasteiger partial charge in [-0.25, -0.2) is 8.51 Å². The Morgan fingerprint density at radius 1 is 1.36 bits per heavy atom. The van der Waals surface area contributed by atoms with Crippen LogP contribution in [0.1, 0.15) is 27.7 Å². The highest BCUT2D eigenvalue weighted by Gasteiger charge is 2.38. The van der Waals surface area contributed by atoms with Crippen molar-refractivity contribution >= 4 is 17.0 Å². The van der Waals surface area contributed by atoms with Crippen LogP contribution < -0.4 is 0 Å². The van der Waals surface area contributed by atoms with Crippen molar-refractivity contribution < 1.29 is 13.7 Å². The number of carbonyl (C=O) groups excluding carboxylic acids is 1. The molecule has 0 aromatic carbocycles. The van der Waals surface area contributed by atoms with Crippen molar-refractivity contribution in [3.63, 3.8) is 0 Å². The van der Waals surface area contributed by atoms with Crippen LogP contribution in [-0.4, -0.2) is 39.4 Å². The summed E-state index contributed by atoms with van der Waals surface area (Å²) in [5.41, 5.74) is 0. The molecule has 1 unspecified atom stereocenters. The molecule has 0 bridgehead atoms. The molecule has 0 aliphatic heterocycles. The van der Waals surface area contributed by atoms with Gasteiger partial charge in [0, 0.05) is 13.1 Å². The predicted molar refractivity (Wildman–Crippen MR) is 57.2 cm³/mol. The molecule has 0 aromatic heterocycles. The van der Waals surface area contributed by atoms with Crippen LogP contribution in [0.15, 0.2) is 0 Å². The summed E-state index contributed by atoms with van der Waals surface area (Å²) in [5.74, 6) is -0.442. The maximum absolute atomic E-state index is 12.0. The van der Waals surface area contributed by atoms with Crippen LogP contribution >= 0.6 is 0 Å². The lowest BCUT2D eigenvalue weighted by Crippen LogP contribution is -2.45. The summed E-state index contributed by atoms with van der Waals surface area (Å²) in [6, 6.07) is 0. The van der Waals surface area contributed by atoms with Crippen LogP contribution in [0, 0.1) is 0 Å². The molecule has 0 amide bonds. The fraction of sp³-hybridized carbons (Fsp3) is 0.889. The Morgan fingerprint density at radius 3 is 2.07 bits per heavy atom. The van der Waals surface area contributed by atoms with Gasteiger partial charge in [0.25, 0.3) is 0 Å². The zero-order valence-electron chi connectivity index (χ0n) is 9.49. The van der Waals surface area contributed by atoms with E-state index in [0.29, 0.717) is 13.1 Å². The standard InChI is InChI=1S/C9H19NO3S/c1-6-10(7-2)14(12)9(3,4)8(11)13-5/h6-7H2,1-5H3. The molecule has 0 saturated carbocycles. The number of nitrogens with zero attached hydrogens (tertiary/aromatic N) is 1. The third kappa shape index (κ3) is 2.78. The van der Waals surface area contributed by atoms with E-state index in [1.807, 2.05) is 13.8 Å². The molecule has 5 heteroatoms. The molecule has 0 saturated heterocycles. The molecular formula is C9H19NO3S. The van der Waals surface area contributed by atoms with Gasteiger partial charge in [-0.05, 0) is 13.8 Å². The quantitative estimate of drug-likeness (QED) is 0.649. The number of esters is 1. The lowest BCUT2D eigenvalue weighted by Gasteiger charge is -2.27. The summed E-state index contributed by atoms with van der Waals surface area (Å²) < 4.78 is 17.3. The van der Waals surface area contributed by atoms with Gasteiger partial charge < -0.3 is 4.74 Å². The topological polar surface area (TPSA) is 46.6 Å². The van der Waals surface area contributed by atoms with Crippen molar-refractivity contribution in [2.24, 2.45) is 0 Å². The van der Waals surface area contributed by atoms with Gasteiger partial charge in [-0.15, -0.1) is 0 Å². The van der Waals surface area contributed by atoms with E-state index in [2.05, 4.69) is 4.74 Å². The van der Waals surface area contributed by atoms with E-state index in [0.717, 1.165) is 0 Å². The second kappa shape index (κ2) is 5.46. The van der Waals surface area contributed by atoms with E-state index in [9.17, 15) is 9.00 Å². The van der Waals surface area contributed by atoms with E-state index in [4.69, 9.17) is 0 Å². The summed E-state index contributed by atoms with van der Waals surface area (Å²) in [5, 5.41) is 0. The van der Waals surface area contributed by atoms with Crippen molar-refractivity contribution in [2.75, 3.05) is 20.2 Å². The first-order valence-electron chi connectivity index (χ1n) is 4.67. The van der Waals surface area contributed by atoms with Gasteiger partial charge in [0.2, 0.25) is 0 Å². The molecule has 0 aliphatic rings. The van der Waals surface area contributed by atoms with Gasteiger partial charge in [0.05, 0.1) is 7.11 Å². The number of methoxy groups -OCH3 is 1. The molecule has 0 fully saturated rings. The summed E-state index contributed by atoms with van der Waals surface area (Å²) in [7, 11) is -0.0303. The van der Waals surface area contributed by atoms with Gasteiger partial charge in [-0.1, -0.05) is 13.8 Å². The first-order valence-corrected chi connectivity index (χ1v) is 5.77. The zero-order chi connectivity index (χ0) is 11.4. The van der Waals surface area contributed by atoms with Crippen molar-refractivity contribution in [3.8, 4) is 0 Å². The molecule has 84 valence electrons. The molecule has 0 radical (unpaired) electrons. The molecule has 1 atom stereocenters. The van der Waals surface area contributed by atoms with Gasteiger partial charge in [-0.2, -0.15) is 0 Å². The first-order chi connectivity index (χ1) is 6.41. The van der Waals surface area contributed by atoms with Crippen LogP contribution in [-0.2, 0) is 20.5 Å². The van der Waals surface area contributed by atoms with E-state index in [1.165, 1.54) is 7.11 Å². The Kier molecular flexibility index (Phi) is 5.29. The third-order valence-electron chi connectivity index (χ3n) is 2.05. The molecule has 0 N–H and O–H groups in total. The van der Waals surface area contributed by atoms with E-state index in [1.54, 1.807) is 18.2 Å². The Hall–Kier alpha value is -0.420. The zero-order valence-corrected chi connectivity index (χ0v) is 10.3. The lowest BCUT2D eigenvalue weighted by molar-refractivity contribution is -0.142. The van der Waals surface area contributed by atoms with Crippen LogP contribution in [0.3, 0.4) is 0 Å². The minimum Gasteiger partial charge on any atom is -0.468 e. The number of carbonyl (C=O) groups is 1. The molecule has 0 aromatic rings. The number of hydrogen-bond acceptors (Lipinski definition) is 3. The third-order valence-corrected chi connectivity index (χ3v) is 4.08. The Bertz CT molecular complexity index is 224. The molecule has 0 spiro atoms. The van der Waals surface area contributed by atoms with Crippen molar-refractivity contribution in [3.05, 3.63) is 0 Å². The van der Waals surface area contributed by atoms with Gasteiger partial charge in [0.15, 0.2) is 4.75 Å². The Morgan fingerprint density at radius 2 is 1.79 bits per heavy atom. The van der Waals surface area contributed by atoms with Crippen LogP contribution in [0.2, 0.25) is 0 Å². The van der Waals surface area contributed by atoms with Gasteiger partial charge in [-0.3, -0.25) is 4.79 Å². The molecule has 0 rings (SSSR count). The average Bonchev–Trinajstić information content (AvgIpc) is 2.18. The fourth-order valence-electron chi connectivity index (χ4n) is 1.10. The largest absolute Gasteiger partial charge is 0.468 e. The Balaban J connectivity index is 4.72. The minimum atomic E-state index is -1.34. The van der Waals surface area contributed by atoms with Crippen molar-refractivity contribution in [2.45, 2.75) is 32.4 Å². The number of rotatable bonds is 5. The molecule has 14 heavy (non-hydrogen) atoms. The highest BCUT2D eigenvalue weighted by atomic mass is 32.2.